The molecule has 2 atom stereocenters. The van der Waals surface area contributed by atoms with Crippen LogP contribution in [-0.2, 0) is 15.7 Å². The number of halogens is 2. The monoisotopic (exact) mass is 480 g/mol. The fourth-order valence-electron chi connectivity index (χ4n) is 4.54. The minimum absolute atomic E-state index is 0.0107. The Bertz CT molecular complexity index is 1200. The van der Waals surface area contributed by atoms with Crippen LogP contribution in [0, 0.1) is 12.7 Å². The van der Waals surface area contributed by atoms with Crippen molar-refractivity contribution in [2.24, 2.45) is 10.7 Å². The normalized spacial score (nSPS) is 26.7. The molecular weight excluding hydrogens is 455 g/mol. The molecule has 4 rings (SSSR count). The zero-order valence-electron chi connectivity index (χ0n) is 18.2. The number of rotatable bonds is 3. The van der Waals surface area contributed by atoms with Crippen molar-refractivity contribution in [2.75, 3.05) is 11.9 Å². The number of carbonyl (C=O) groups excluding carboxylic acids is 1. The van der Waals surface area contributed by atoms with E-state index in [0.717, 1.165) is 0 Å². The minimum atomic E-state index is -3.06. The molecule has 0 bridgehead atoms. The summed E-state index contributed by atoms with van der Waals surface area (Å²) in [6, 6.07) is 4.20. The largest absolute Gasteiger partial charge is 0.386 e. The highest BCUT2D eigenvalue weighted by atomic mass is 35.5. The smallest absolute Gasteiger partial charge is 0.275 e. The molecule has 0 aliphatic carbocycles. The van der Waals surface area contributed by atoms with Gasteiger partial charge in [0.05, 0.1) is 15.0 Å². The van der Waals surface area contributed by atoms with Gasteiger partial charge in [-0.2, -0.15) is 0 Å². The van der Waals surface area contributed by atoms with Crippen LogP contribution in [0.4, 0.5) is 10.2 Å². The van der Waals surface area contributed by atoms with E-state index in [9.17, 15) is 9.00 Å². The second kappa shape index (κ2) is 7.57. The maximum atomic E-state index is 15.0. The van der Waals surface area contributed by atoms with Crippen LogP contribution in [0.15, 0.2) is 29.4 Å². The Balaban J connectivity index is 1.75. The Morgan fingerprint density at radius 2 is 2.09 bits per heavy atom. The summed E-state index contributed by atoms with van der Waals surface area (Å²) < 4.78 is 31.3. The van der Waals surface area contributed by atoms with Gasteiger partial charge in [0.15, 0.2) is 0 Å². The third-order valence-corrected chi connectivity index (χ3v) is 10.9. The van der Waals surface area contributed by atoms with Gasteiger partial charge in [-0.15, -0.1) is 0 Å². The number of hydrogen-bond donors (Lipinski definition) is 4. The van der Waals surface area contributed by atoms with Gasteiger partial charge < -0.3 is 11.1 Å². The van der Waals surface area contributed by atoms with Gasteiger partial charge in [-0.1, -0.05) is 11.6 Å². The van der Waals surface area contributed by atoms with E-state index < -0.39 is 37.4 Å². The third-order valence-electron chi connectivity index (χ3n) is 6.49. The Kier molecular flexibility index (Phi) is 5.38. The van der Waals surface area contributed by atoms with Crippen LogP contribution < -0.4 is 15.8 Å². The van der Waals surface area contributed by atoms with Gasteiger partial charge >= 0.3 is 0 Å². The number of amides is 1. The standard InChI is InChI=1S/C21H26ClFN6O2S/c1-11-9-12(22)10-25-16(11)18(30)28-15-6-5-13(23)17(27-15)21(4)14-7-8-26-32(14,31)20(2,3)19(24)29-21/h5-6,9-10,14,32H,7-8H2,1-4H3,(H2,24,29)(H,26,31)(H,27,28,30)/t14-,21-/m0/s1. The molecule has 2 aromatic rings. The van der Waals surface area contributed by atoms with Crippen molar-refractivity contribution in [3.05, 3.63) is 52.2 Å². The molecule has 1 fully saturated rings. The first kappa shape index (κ1) is 22.8. The predicted molar refractivity (Wildman–Crippen MR) is 125 cm³/mol. The van der Waals surface area contributed by atoms with Crippen LogP contribution >= 0.6 is 11.6 Å². The molecule has 0 spiro atoms. The molecule has 8 nitrogen and oxygen atoms in total. The maximum absolute atomic E-state index is 15.0. The van der Waals surface area contributed by atoms with E-state index in [1.807, 2.05) is 0 Å². The average Bonchev–Trinajstić information content (AvgIpc) is 3.13. The highest BCUT2D eigenvalue weighted by molar-refractivity contribution is 8.04. The molecular formula is C21H26ClFN6O2S. The number of hydrogen-bond acceptors (Lipinski definition) is 6. The molecule has 1 amide bonds. The molecule has 4 heterocycles. The van der Waals surface area contributed by atoms with E-state index >= 15 is 4.39 Å². The first-order chi connectivity index (χ1) is 14.9. The molecule has 0 saturated carbocycles. The number of aryl methyl sites for hydroxylation is 1. The topological polar surface area (TPSA) is 122 Å². The van der Waals surface area contributed by atoms with Crippen LogP contribution in [0.25, 0.3) is 0 Å². The van der Waals surface area contributed by atoms with Gasteiger partial charge in [0.25, 0.3) is 5.91 Å². The summed E-state index contributed by atoms with van der Waals surface area (Å²) in [4.78, 5) is 25.8. The van der Waals surface area contributed by atoms with Gasteiger partial charge in [0, 0.05) is 12.7 Å². The van der Waals surface area contributed by atoms with Crippen molar-refractivity contribution >= 4 is 39.3 Å². The summed E-state index contributed by atoms with van der Waals surface area (Å²) in [5.41, 5.74) is 5.75. The SMILES string of the molecule is Cc1cc(Cl)cnc1C(=O)Nc1ccc(F)c([C@@]2(C)N=C(N)C(C)(C)[SH]3(=O)NCC[C@@H]23)n1. The summed E-state index contributed by atoms with van der Waals surface area (Å²) in [6.07, 6.45) is 1.92. The molecule has 0 radical (unpaired) electrons. The Morgan fingerprint density at radius 1 is 1.38 bits per heavy atom. The second-order valence-corrected chi connectivity index (χ2v) is 12.7. The van der Waals surface area contributed by atoms with E-state index in [1.165, 1.54) is 18.3 Å². The number of anilines is 1. The molecule has 2 aromatic heterocycles. The highest BCUT2D eigenvalue weighted by Gasteiger charge is 2.59. The van der Waals surface area contributed by atoms with Crippen LogP contribution in [0.3, 0.4) is 0 Å². The molecule has 0 aromatic carbocycles. The zero-order valence-corrected chi connectivity index (χ0v) is 19.9. The first-order valence-electron chi connectivity index (χ1n) is 10.2. The average molecular weight is 481 g/mol. The summed E-state index contributed by atoms with van der Waals surface area (Å²) in [5, 5.41) is 2.59. The zero-order chi connectivity index (χ0) is 23.5. The number of nitrogens with two attached hydrogens (primary N) is 1. The molecule has 0 unspecified atom stereocenters. The minimum Gasteiger partial charge on any atom is -0.386 e. The van der Waals surface area contributed by atoms with Crippen molar-refractivity contribution in [2.45, 2.75) is 49.7 Å². The number of pyridine rings is 2. The number of nitrogens with one attached hydrogen (secondary N) is 2. The lowest BCUT2D eigenvalue weighted by atomic mass is 9.90. The van der Waals surface area contributed by atoms with Gasteiger partial charge in [0.2, 0.25) is 0 Å². The number of aliphatic imine (C=N–C) groups is 1. The highest BCUT2D eigenvalue weighted by Crippen LogP contribution is 2.48. The molecule has 2 aliphatic rings. The lowest BCUT2D eigenvalue weighted by Gasteiger charge is -2.50. The lowest BCUT2D eigenvalue weighted by molar-refractivity contribution is 0.102. The number of aromatic nitrogens is 2. The number of carbonyl (C=O) groups is 1. The molecule has 2 aliphatic heterocycles. The van der Waals surface area contributed by atoms with Crippen molar-refractivity contribution in [1.82, 2.24) is 14.7 Å². The molecule has 1 saturated heterocycles. The van der Waals surface area contributed by atoms with Gasteiger partial charge in [-0.25, -0.2) is 14.4 Å². The van der Waals surface area contributed by atoms with Crippen molar-refractivity contribution in [3.63, 3.8) is 0 Å². The van der Waals surface area contributed by atoms with E-state index in [-0.39, 0.29) is 23.0 Å². The van der Waals surface area contributed by atoms with Crippen LogP contribution in [0.1, 0.15) is 48.9 Å². The molecule has 32 heavy (non-hydrogen) atoms. The second-order valence-electron chi connectivity index (χ2n) is 8.87. The quantitative estimate of drug-likeness (QED) is 0.503. The molecule has 11 heteroatoms. The first-order valence-corrected chi connectivity index (χ1v) is 12.4. The predicted octanol–water partition coefficient (Wildman–Crippen LogP) is 2.49. The van der Waals surface area contributed by atoms with E-state index in [2.05, 4.69) is 25.0 Å². The fraction of sp³-hybridized carbons (Fsp3) is 0.429. The number of fused-ring (bicyclic) bond motifs is 1. The van der Waals surface area contributed by atoms with E-state index in [1.54, 1.807) is 33.8 Å². The number of nitrogens with zero attached hydrogens (tertiary/aromatic N) is 3. The van der Waals surface area contributed by atoms with Crippen LogP contribution in [0.2, 0.25) is 5.02 Å². The van der Waals surface area contributed by atoms with Crippen molar-refractivity contribution in [1.29, 1.82) is 0 Å². The molecule has 172 valence electrons. The molecule has 4 N–H and O–H groups in total. The Morgan fingerprint density at radius 3 is 2.78 bits per heavy atom. The van der Waals surface area contributed by atoms with Crippen molar-refractivity contribution < 1.29 is 13.4 Å². The van der Waals surface area contributed by atoms with Gasteiger partial charge in [-0.3, -0.25) is 18.7 Å². The number of amidine groups is 1. The summed E-state index contributed by atoms with van der Waals surface area (Å²) >= 11 is 5.91. The summed E-state index contributed by atoms with van der Waals surface area (Å²) in [5.74, 6) is -0.801. The number of thiol groups is 1. The van der Waals surface area contributed by atoms with Gasteiger partial charge in [0.1, 0.15) is 34.4 Å². The van der Waals surface area contributed by atoms with Crippen LogP contribution in [0.5, 0.6) is 0 Å². The Hall–Kier alpha value is -2.43. The fourth-order valence-corrected chi connectivity index (χ4v) is 8.38. The van der Waals surface area contributed by atoms with E-state index in [4.69, 9.17) is 17.3 Å². The van der Waals surface area contributed by atoms with Gasteiger partial charge in [-0.05, 0) is 68.0 Å². The summed E-state index contributed by atoms with van der Waals surface area (Å²) in [6.45, 7) is 7.51. The van der Waals surface area contributed by atoms with Crippen LogP contribution in [-0.4, -0.2) is 42.5 Å². The lowest BCUT2D eigenvalue weighted by Crippen LogP contribution is -2.64. The summed E-state index contributed by atoms with van der Waals surface area (Å²) in [7, 11) is -3.06. The van der Waals surface area contributed by atoms with Crippen molar-refractivity contribution in [3.8, 4) is 0 Å². The Labute approximate surface area is 191 Å². The van der Waals surface area contributed by atoms with E-state index in [0.29, 0.717) is 23.6 Å². The maximum Gasteiger partial charge on any atom is 0.275 e. The third kappa shape index (κ3) is 3.32.